The molecule has 1 aromatic carbocycles. The van der Waals surface area contributed by atoms with Gasteiger partial charge in [-0.1, -0.05) is 12.1 Å². The lowest BCUT2D eigenvalue weighted by atomic mass is 10.0. The van der Waals surface area contributed by atoms with E-state index < -0.39 is 17.2 Å². The standard InChI is InChI=1S/C15H15FN2O3/c1-18-7-11(15(17)20)14(19)13(12(18)8-21-2)9-3-5-10(16)6-4-9/h3-7H,8H2,1-2H3,(H2,17,20). The number of nitrogens with two attached hydrogens (primary N) is 1. The molecule has 2 rings (SSSR count). The Morgan fingerprint density at radius 1 is 1.33 bits per heavy atom. The van der Waals surface area contributed by atoms with E-state index in [1.54, 1.807) is 11.6 Å². The summed E-state index contributed by atoms with van der Waals surface area (Å²) in [6, 6.07) is 5.47. The maximum atomic E-state index is 13.1. The SMILES string of the molecule is COCc1c(-c2ccc(F)cc2)c(=O)c(C(N)=O)cn1C. The van der Waals surface area contributed by atoms with Crippen molar-refractivity contribution < 1.29 is 13.9 Å². The average Bonchev–Trinajstić information content (AvgIpc) is 2.44. The van der Waals surface area contributed by atoms with Crippen LogP contribution in [-0.4, -0.2) is 17.6 Å². The van der Waals surface area contributed by atoms with Crippen molar-refractivity contribution in [1.29, 1.82) is 0 Å². The van der Waals surface area contributed by atoms with Crippen molar-refractivity contribution in [3.05, 3.63) is 57.8 Å². The van der Waals surface area contributed by atoms with Crippen LogP contribution in [0.4, 0.5) is 4.39 Å². The highest BCUT2D eigenvalue weighted by Crippen LogP contribution is 2.21. The van der Waals surface area contributed by atoms with E-state index in [9.17, 15) is 14.0 Å². The first kappa shape index (κ1) is 14.9. The molecule has 0 bridgehead atoms. The highest BCUT2D eigenvalue weighted by molar-refractivity contribution is 5.93. The van der Waals surface area contributed by atoms with Gasteiger partial charge in [-0.25, -0.2) is 4.39 Å². The highest BCUT2D eigenvalue weighted by Gasteiger charge is 2.18. The molecule has 21 heavy (non-hydrogen) atoms. The Kier molecular flexibility index (Phi) is 4.18. The normalized spacial score (nSPS) is 10.6. The van der Waals surface area contributed by atoms with Crippen LogP contribution in [0.25, 0.3) is 11.1 Å². The summed E-state index contributed by atoms with van der Waals surface area (Å²) in [6.45, 7) is 0.178. The van der Waals surface area contributed by atoms with Gasteiger partial charge in [0.2, 0.25) is 5.43 Å². The molecule has 0 aliphatic carbocycles. The van der Waals surface area contributed by atoms with Gasteiger partial charge in [-0.15, -0.1) is 0 Å². The average molecular weight is 290 g/mol. The number of aromatic nitrogens is 1. The van der Waals surface area contributed by atoms with E-state index in [1.807, 2.05) is 0 Å². The largest absolute Gasteiger partial charge is 0.378 e. The Hall–Kier alpha value is -2.47. The molecule has 1 amide bonds. The second-order valence-corrected chi connectivity index (χ2v) is 4.61. The molecule has 1 heterocycles. The van der Waals surface area contributed by atoms with Crippen LogP contribution in [0.5, 0.6) is 0 Å². The second-order valence-electron chi connectivity index (χ2n) is 4.61. The second kappa shape index (κ2) is 5.88. The predicted molar refractivity (Wildman–Crippen MR) is 76.3 cm³/mol. The molecular weight excluding hydrogens is 275 g/mol. The van der Waals surface area contributed by atoms with Crippen molar-refractivity contribution in [2.24, 2.45) is 12.8 Å². The lowest BCUT2D eigenvalue weighted by Crippen LogP contribution is -2.26. The van der Waals surface area contributed by atoms with E-state index in [4.69, 9.17) is 10.5 Å². The molecule has 0 atom stereocenters. The Balaban J connectivity index is 2.79. The summed E-state index contributed by atoms with van der Waals surface area (Å²) in [5.74, 6) is -1.21. The van der Waals surface area contributed by atoms with E-state index in [1.165, 1.54) is 37.6 Å². The number of ether oxygens (including phenoxy) is 1. The number of hydrogen-bond acceptors (Lipinski definition) is 3. The Morgan fingerprint density at radius 2 is 1.95 bits per heavy atom. The smallest absolute Gasteiger partial charge is 0.254 e. The number of benzene rings is 1. The zero-order valence-electron chi connectivity index (χ0n) is 11.7. The predicted octanol–water partition coefficient (Wildman–Crippen LogP) is 1.44. The first-order valence-corrected chi connectivity index (χ1v) is 6.23. The number of carbonyl (C=O) groups excluding carboxylic acids is 1. The van der Waals surface area contributed by atoms with Gasteiger partial charge in [0.15, 0.2) is 0 Å². The molecule has 2 N–H and O–H groups in total. The Bertz CT molecular complexity index is 736. The fraction of sp³-hybridized carbons (Fsp3) is 0.200. The van der Waals surface area contributed by atoms with Gasteiger partial charge in [0.05, 0.1) is 17.9 Å². The zero-order valence-corrected chi connectivity index (χ0v) is 11.7. The number of hydrogen-bond donors (Lipinski definition) is 1. The van der Waals surface area contributed by atoms with Gasteiger partial charge < -0.3 is 15.0 Å². The zero-order chi connectivity index (χ0) is 15.6. The van der Waals surface area contributed by atoms with Crippen LogP contribution in [0.15, 0.2) is 35.3 Å². The van der Waals surface area contributed by atoms with Crippen LogP contribution in [0.1, 0.15) is 16.1 Å². The van der Waals surface area contributed by atoms with Crippen LogP contribution < -0.4 is 11.2 Å². The third-order valence-electron chi connectivity index (χ3n) is 3.19. The van der Waals surface area contributed by atoms with Gasteiger partial charge in [-0.3, -0.25) is 9.59 Å². The Labute approximate surface area is 120 Å². The summed E-state index contributed by atoms with van der Waals surface area (Å²) in [5, 5.41) is 0. The first-order chi connectivity index (χ1) is 9.95. The summed E-state index contributed by atoms with van der Waals surface area (Å²) >= 11 is 0. The molecule has 0 fully saturated rings. The molecule has 0 radical (unpaired) electrons. The molecule has 0 saturated carbocycles. The quantitative estimate of drug-likeness (QED) is 0.925. The third-order valence-corrected chi connectivity index (χ3v) is 3.19. The monoisotopic (exact) mass is 290 g/mol. The van der Waals surface area contributed by atoms with Crippen molar-refractivity contribution in [1.82, 2.24) is 4.57 Å². The molecule has 0 unspecified atom stereocenters. The van der Waals surface area contributed by atoms with Gasteiger partial charge in [-0.2, -0.15) is 0 Å². The molecule has 0 aliphatic rings. The number of halogens is 1. The molecule has 2 aromatic rings. The molecule has 0 spiro atoms. The molecule has 0 saturated heterocycles. The van der Waals surface area contributed by atoms with E-state index in [0.717, 1.165) is 0 Å². The van der Waals surface area contributed by atoms with Crippen molar-refractivity contribution in [2.45, 2.75) is 6.61 Å². The third kappa shape index (κ3) is 2.85. The first-order valence-electron chi connectivity index (χ1n) is 6.23. The molecule has 0 aliphatic heterocycles. The number of amides is 1. The van der Waals surface area contributed by atoms with Crippen LogP contribution in [0, 0.1) is 5.82 Å². The number of aryl methyl sites for hydroxylation is 1. The summed E-state index contributed by atoms with van der Waals surface area (Å²) in [4.78, 5) is 23.9. The number of rotatable bonds is 4. The molecule has 5 nitrogen and oxygen atoms in total. The van der Waals surface area contributed by atoms with Crippen molar-refractivity contribution in [2.75, 3.05) is 7.11 Å². The van der Waals surface area contributed by atoms with E-state index in [0.29, 0.717) is 11.3 Å². The van der Waals surface area contributed by atoms with Crippen molar-refractivity contribution in [3.8, 4) is 11.1 Å². The minimum absolute atomic E-state index is 0.114. The van der Waals surface area contributed by atoms with Crippen LogP contribution >= 0.6 is 0 Å². The summed E-state index contributed by atoms with van der Waals surface area (Å²) in [6.07, 6.45) is 1.38. The summed E-state index contributed by atoms with van der Waals surface area (Å²) in [7, 11) is 3.19. The van der Waals surface area contributed by atoms with Crippen LogP contribution in [0.2, 0.25) is 0 Å². The number of carbonyl (C=O) groups is 1. The van der Waals surface area contributed by atoms with E-state index in [2.05, 4.69) is 0 Å². The van der Waals surface area contributed by atoms with Crippen LogP contribution in [0.3, 0.4) is 0 Å². The topological polar surface area (TPSA) is 74.3 Å². The Morgan fingerprint density at radius 3 is 2.48 bits per heavy atom. The highest BCUT2D eigenvalue weighted by atomic mass is 19.1. The lowest BCUT2D eigenvalue weighted by molar-refractivity contribution is 0.0998. The fourth-order valence-corrected chi connectivity index (χ4v) is 2.17. The van der Waals surface area contributed by atoms with Crippen LogP contribution in [-0.2, 0) is 18.4 Å². The minimum atomic E-state index is -0.803. The summed E-state index contributed by atoms with van der Waals surface area (Å²) < 4.78 is 19.8. The molecular formula is C15H15FN2O3. The number of methoxy groups -OCH3 is 1. The minimum Gasteiger partial charge on any atom is -0.378 e. The lowest BCUT2D eigenvalue weighted by Gasteiger charge is -2.15. The van der Waals surface area contributed by atoms with Gasteiger partial charge in [-0.05, 0) is 17.7 Å². The number of primary amides is 1. The molecule has 1 aromatic heterocycles. The van der Waals surface area contributed by atoms with Crippen molar-refractivity contribution >= 4 is 5.91 Å². The summed E-state index contributed by atoms with van der Waals surface area (Å²) in [5.41, 5.74) is 6.01. The van der Waals surface area contributed by atoms with Crippen molar-refractivity contribution in [3.63, 3.8) is 0 Å². The van der Waals surface area contributed by atoms with Gasteiger partial charge in [0.1, 0.15) is 11.4 Å². The maximum Gasteiger partial charge on any atom is 0.254 e. The number of pyridine rings is 1. The van der Waals surface area contributed by atoms with Gasteiger partial charge in [0.25, 0.3) is 5.91 Å². The fourth-order valence-electron chi connectivity index (χ4n) is 2.17. The molecule has 6 heteroatoms. The maximum absolute atomic E-state index is 13.1. The molecule has 110 valence electrons. The van der Waals surface area contributed by atoms with Gasteiger partial charge >= 0.3 is 0 Å². The van der Waals surface area contributed by atoms with Gasteiger partial charge in [0, 0.05) is 20.4 Å². The van der Waals surface area contributed by atoms with E-state index >= 15 is 0 Å². The number of nitrogens with zero attached hydrogens (tertiary/aromatic N) is 1. The van der Waals surface area contributed by atoms with E-state index in [-0.39, 0.29) is 17.7 Å².